The third-order valence-corrected chi connectivity index (χ3v) is 6.36. The van der Waals surface area contributed by atoms with Crippen molar-refractivity contribution in [2.75, 3.05) is 40.8 Å². The van der Waals surface area contributed by atoms with Crippen LogP contribution >= 0.6 is 0 Å². The Morgan fingerprint density at radius 1 is 1.20 bits per heavy atom. The number of rotatable bonds is 6. The number of hydrogen-bond donors (Lipinski definition) is 1. The lowest BCUT2D eigenvalue weighted by atomic mass is 10.0. The van der Waals surface area contributed by atoms with E-state index in [1.54, 1.807) is 12.1 Å². The minimum absolute atomic E-state index is 0.158. The minimum atomic E-state index is -3.48. The van der Waals surface area contributed by atoms with Gasteiger partial charge in [-0.05, 0) is 36.5 Å². The van der Waals surface area contributed by atoms with Crippen LogP contribution in [0.5, 0.6) is 0 Å². The quantitative estimate of drug-likeness (QED) is 0.845. The molecule has 6 nitrogen and oxygen atoms in total. The molecule has 1 N–H and O–H groups in total. The SMILES string of the molecule is CN(C)CCNS(=O)(=O)C1CON(C)C1c1ccc2ccccc2c1. The number of likely N-dealkylation sites (N-methyl/N-ethyl adjacent to an activating group) is 1. The van der Waals surface area contributed by atoms with Crippen LogP contribution in [-0.2, 0) is 14.9 Å². The van der Waals surface area contributed by atoms with Crippen LogP contribution in [-0.4, -0.2) is 64.5 Å². The Balaban J connectivity index is 1.86. The van der Waals surface area contributed by atoms with Crippen molar-refractivity contribution >= 4 is 20.8 Å². The normalized spacial score (nSPS) is 22.1. The first kappa shape index (κ1) is 18.3. The van der Waals surface area contributed by atoms with Gasteiger partial charge < -0.3 is 4.90 Å². The Labute approximate surface area is 149 Å². The van der Waals surface area contributed by atoms with Crippen molar-refractivity contribution < 1.29 is 13.3 Å². The predicted molar refractivity (Wildman–Crippen MR) is 99.7 cm³/mol. The molecule has 0 aromatic heterocycles. The number of benzene rings is 2. The fraction of sp³-hybridized carbons (Fsp3) is 0.444. The summed E-state index contributed by atoms with van der Waals surface area (Å²) in [4.78, 5) is 7.51. The van der Waals surface area contributed by atoms with Crippen molar-refractivity contribution in [2.45, 2.75) is 11.3 Å². The van der Waals surface area contributed by atoms with Crippen molar-refractivity contribution in [3.8, 4) is 0 Å². The van der Waals surface area contributed by atoms with Gasteiger partial charge in [0.25, 0.3) is 0 Å². The van der Waals surface area contributed by atoms with Gasteiger partial charge >= 0.3 is 0 Å². The zero-order chi connectivity index (χ0) is 18.0. The second-order valence-corrected chi connectivity index (χ2v) is 8.66. The van der Waals surface area contributed by atoms with Crippen LogP contribution < -0.4 is 4.72 Å². The van der Waals surface area contributed by atoms with Crippen molar-refractivity contribution in [3.05, 3.63) is 48.0 Å². The van der Waals surface area contributed by atoms with Gasteiger partial charge in [0.15, 0.2) is 0 Å². The fourth-order valence-electron chi connectivity index (χ4n) is 3.19. The van der Waals surface area contributed by atoms with Crippen molar-refractivity contribution in [1.29, 1.82) is 0 Å². The molecule has 0 bridgehead atoms. The van der Waals surface area contributed by atoms with Gasteiger partial charge in [0.2, 0.25) is 10.0 Å². The lowest BCUT2D eigenvalue weighted by Gasteiger charge is -2.23. The summed E-state index contributed by atoms with van der Waals surface area (Å²) < 4.78 is 28.3. The summed E-state index contributed by atoms with van der Waals surface area (Å²) in [6, 6.07) is 13.8. The maximum absolute atomic E-state index is 12.8. The molecule has 1 saturated heterocycles. The summed E-state index contributed by atoms with van der Waals surface area (Å²) >= 11 is 0. The summed E-state index contributed by atoms with van der Waals surface area (Å²) in [5.41, 5.74) is 0.946. The van der Waals surface area contributed by atoms with Crippen molar-refractivity contribution in [2.24, 2.45) is 0 Å². The highest BCUT2D eigenvalue weighted by atomic mass is 32.2. The molecule has 2 aromatic carbocycles. The molecular formula is C18H25N3O3S. The lowest BCUT2D eigenvalue weighted by molar-refractivity contribution is -0.110. The smallest absolute Gasteiger partial charge is 0.218 e. The molecule has 1 fully saturated rings. The van der Waals surface area contributed by atoms with Crippen LogP contribution in [0.15, 0.2) is 42.5 Å². The Morgan fingerprint density at radius 2 is 1.92 bits per heavy atom. The monoisotopic (exact) mass is 363 g/mol. The first-order chi connectivity index (χ1) is 11.9. The number of hydroxylamine groups is 2. The van der Waals surface area contributed by atoms with Gasteiger partial charge in [-0.15, -0.1) is 0 Å². The molecule has 0 aliphatic carbocycles. The van der Waals surface area contributed by atoms with Crippen LogP contribution in [0.1, 0.15) is 11.6 Å². The molecule has 1 heterocycles. The molecule has 3 rings (SSSR count). The Morgan fingerprint density at radius 3 is 2.64 bits per heavy atom. The first-order valence-electron chi connectivity index (χ1n) is 8.36. The summed E-state index contributed by atoms with van der Waals surface area (Å²) in [5.74, 6) is 0. The van der Waals surface area contributed by atoms with E-state index in [2.05, 4.69) is 4.72 Å². The minimum Gasteiger partial charge on any atom is -0.308 e. The molecular weight excluding hydrogens is 338 g/mol. The van der Waals surface area contributed by atoms with Gasteiger partial charge in [0.1, 0.15) is 5.25 Å². The molecule has 0 amide bonds. The maximum atomic E-state index is 12.8. The summed E-state index contributed by atoms with van der Waals surface area (Å²) in [6.45, 7) is 1.20. The average Bonchev–Trinajstić information content (AvgIpc) is 2.96. The van der Waals surface area contributed by atoms with Gasteiger partial charge in [0, 0.05) is 20.1 Å². The third-order valence-electron chi connectivity index (χ3n) is 4.56. The molecule has 2 atom stereocenters. The van der Waals surface area contributed by atoms with E-state index in [1.807, 2.05) is 61.5 Å². The zero-order valence-corrected chi connectivity index (χ0v) is 15.7. The van der Waals surface area contributed by atoms with Gasteiger partial charge in [0.05, 0.1) is 12.6 Å². The van der Waals surface area contributed by atoms with E-state index in [1.165, 1.54) is 0 Å². The van der Waals surface area contributed by atoms with E-state index in [0.29, 0.717) is 13.1 Å². The zero-order valence-electron chi connectivity index (χ0n) is 14.8. The topological polar surface area (TPSA) is 61.9 Å². The second-order valence-electron chi connectivity index (χ2n) is 6.67. The van der Waals surface area contributed by atoms with E-state index in [0.717, 1.165) is 16.3 Å². The summed E-state index contributed by atoms with van der Waals surface area (Å²) in [7, 11) is 2.14. The van der Waals surface area contributed by atoms with Gasteiger partial charge in [-0.2, -0.15) is 5.06 Å². The molecule has 7 heteroatoms. The second kappa shape index (κ2) is 7.39. The number of nitrogens with one attached hydrogen (secondary N) is 1. The molecule has 0 radical (unpaired) electrons. The van der Waals surface area contributed by atoms with E-state index in [-0.39, 0.29) is 12.6 Å². The molecule has 25 heavy (non-hydrogen) atoms. The van der Waals surface area contributed by atoms with Crippen LogP contribution in [0.3, 0.4) is 0 Å². The predicted octanol–water partition coefficient (Wildman–Crippen LogP) is 1.61. The highest BCUT2D eigenvalue weighted by molar-refractivity contribution is 7.90. The largest absolute Gasteiger partial charge is 0.308 e. The van der Waals surface area contributed by atoms with Crippen molar-refractivity contribution in [1.82, 2.24) is 14.7 Å². The Hall–Kier alpha value is -1.51. The molecule has 0 saturated carbocycles. The number of fused-ring (bicyclic) bond motifs is 1. The van der Waals surface area contributed by atoms with E-state index in [4.69, 9.17) is 4.84 Å². The van der Waals surface area contributed by atoms with E-state index < -0.39 is 15.3 Å². The highest BCUT2D eigenvalue weighted by Gasteiger charge is 2.43. The van der Waals surface area contributed by atoms with Gasteiger partial charge in [-0.1, -0.05) is 36.4 Å². The Kier molecular flexibility index (Phi) is 5.41. The van der Waals surface area contributed by atoms with E-state index in [9.17, 15) is 8.42 Å². The Bertz CT molecular complexity index is 838. The molecule has 2 unspecified atom stereocenters. The molecule has 0 spiro atoms. The molecule has 2 aromatic rings. The number of sulfonamides is 1. The lowest BCUT2D eigenvalue weighted by Crippen LogP contribution is -2.41. The molecule has 1 aliphatic heterocycles. The first-order valence-corrected chi connectivity index (χ1v) is 9.91. The summed E-state index contributed by atoms with van der Waals surface area (Å²) in [5, 5.41) is 3.24. The fourth-order valence-corrected chi connectivity index (χ4v) is 4.69. The van der Waals surface area contributed by atoms with Gasteiger partial charge in [-0.25, -0.2) is 13.1 Å². The standard InChI is InChI=1S/C18H25N3O3S/c1-20(2)11-10-19-25(22,23)17-13-24-21(3)18(17)16-9-8-14-6-4-5-7-15(14)12-16/h4-9,12,17-19H,10-11,13H2,1-3H3. The summed E-state index contributed by atoms with van der Waals surface area (Å²) in [6.07, 6.45) is 0. The van der Waals surface area contributed by atoms with Crippen LogP contribution in [0.25, 0.3) is 10.8 Å². The van der Waals surface area contributed by atoms with Crippen LogP contribution in [0.4, 0.5) is 0 Å². The molecule has 136 valence electrons. The average molecular weight is 363 g/mol. The number of nitrogens with zero attached hydrogens (tertiary/aromatic N) is 2. The van der Waals surface area contributed by atoms with Crippen molar-refractivity contribution in [3.63, 3.8) is 0 Å². The van der Waals surface area contributed by atoms with Crippen LogP contribution in [0.2, 0.25) is 0 Å². The van der Waals surface area contributed by atoms with E-state index >= 15 is 0 Å². The van der Waals surface area contributed by atoms with Crippen LogP contribution in [0, 0.1) is 0 Å². The maximum Gasteiger partial charge on any atom is 0.218 e. The highest BCUT2D eigenvalue weighted by Crippen LogP contribution is 2.34. The molecule has 1 aliphatic rings. The third kappa shape index (κ3) is 4.02. The number of hydrogen-bond acceptors (Lipinski definition) is 5. The van der Waals surface area contributed by atoms with Gasteiger partial charge in [-0.3, -0.25) is 4.84 Å².